The molecule has 8 heteroatoms. The number of H-pyrrole nitrogens is 2. The van der Waals surface area contributed by atoms with Gasteiger partial charge in [0.15, 0.2) is 11.3 Å². The van der Waals surface area contributed by atoms with Crippen molar-refractivity contribution in [3.05, 3.63) is 37.2 Å². The molecule has 0 aliphatic rings. The van der Waals surface area contributed by atoms with Crippen molar-refractivity contribution in [2.45, 2.75) is 0 Å². The lowest BCUT2D eigenvalue weighted by Crippen LogP contribution is -1.75. The summed E-state index contributed by atoms with van der Waals surface area (Å²) in [7, 11) is 0. The fourth-order valence-electron chi connectivity index (χ4n) is 1.30. The van der Waals surface area contributed by atoms with E-state index in [-0.39, 0.29) is 0 Å². The third kappa shape index (κ3) is 1.41. The van der Waals surface area contributed by atoms with Crippen LogP contribution in [-0.2, 0) is 0 Å². The molecule has 0 aliphatic heterocycles. The zero-order chi connectivity index (χ0) is 10.8. The van der Waals surface area contributed by atoms with Crippen molar-refractivity contribution < 1.29 is 0 Å². The van der Waals surface area contributed by atoms with Crippen molar-refractivity contribution in [3.63, 3.8) is 0 Å². The van der Waals surface area contributed by atoms with Crippen LogP contribution in [0.5, 0.6) is 0 Å². The van der Waals surface area contributed by atoms with Crippen LogP contribution in [0.3, 0.4) is 0 Å². The van der Waals surface area contributed by atoms with Crippen molar-refractivity contribution in [3.8, 4) is 0 Å². The van der Waals surface area contributed by atoms with E-state index in [1.807, 2.05) is 24.5 Å². The fraction of sp³-hybridized carbons (Fsp3) is 0. The third-order valence-electron chi connectivity index (χ3n) is 2.04. The van der Waals surface area contributed by atoms with E-state index >= 15 is 0 Å². The Balaban J connectivity index is 0.000000101. The van der Waals surface area contributed by atoms with Crippen molar-refractivity contribution >= 4 is 11.3 Å². The van der Waals surface area contributed by atoms with Crippen LogP contribution in [0.2, 0.25) is 0 Å². The van der Waals surface area contributed by atoms with Gasteiger partial charge in [-0.2, -0.15) is 0 Å². The molecule has 0 saturated carbocycles. The fourth-order valence-corrected chi connectivity index (χ4v) is 1.30. The molecule has 2 N–H and O–H groups in total. The lowest BCUT2D eigenvalue weighted by Gasteiger charge is -1.72. The van der Waals surface area contributed by atoms with Gasteiger partial charge in [-0.3, -0.25) is 10.2 Å². The molecule has 0 unspecified atom stereocenters. The molecule has 0 aliphatic carbocycles. The summed E-state index contributed by atoms with van der Waals surface area (Å²) in [5, 5.41) is 20.6. The number of hydrogen-bond donors (Lipinski definition) is 2. The minimum absolute atomic E-state index is 0.852. The number of fused-ring (bicyclic) bond motifs is 2. The number of nitrogens with zero attached hydrogens (tertiary/aromatic N) is 6. The molecular formula is C8H8N8. The van der Waals surface area contributed by atoms with Gasteiger partial charge in [0, 0.05) is 24.5 Å². The number of aromatic amines is 2. The van der Waals surface area contributed by atoms with Crippen molar-refractivity contribution in [2.24, 2.45) is 0 Å². The van der Waals surface area contributed by atoms with Gasteiger partial charge in [-0.1, -0.05) is 0 Å². The Morgan fingerprint density at radius 2 is 1.31 bits per heavy atom. The molecule has 0 amide bonds. The summed E-state index contributed by atoms with van der Waals surface area (Å²) in [5.74, 6) is 0. The molecule has 4 aromatic heterocycles. The summed E-state index contributed by atoms with van der Waals surface area (Å²) in [4.78, 5) is 0. The molecule has 0 saturated heterocycles. The Kier molecular flexibility index (Phi) is 1.89. The highest BCUT2D eigenvalue weighted by molar-refractivity contribution is 5.33. The quantitative estimate of drug-likeness (QED) is 0.436. The second-order valence-electron chi connectivity index (χ2n) is 3.04. The summed E-state index contributed by atoms with van der Waals surface area (Å²) in [6, 6.07) is 3.71. The Bertz CT molecular complexity index is 519. The Labute approximate surface area is 88.9 Å². The highest BCUT2D eigenvalue weighted by atomic mass is 15.3. The molecule has 0 radical (unpaired) electrons. The second-order valence-corrected chi connectivity index (χ2v) is 3.04. The second kappa shape index (κ2) is 3.50. The van der Waals surface area contributed by atoms with E-state index in [0.29, 0.717) is 0 Å². The minimum atomic E-state index is 0.852. The zero-order valence-electron chi connectivity index (χ0n) is 8.15. The van der Waals surface area contributed by atoms with E-state index in [4.69, 9.17) is 0 Å². The molecule has 0 atom stereocenters. The molecule has 4 heterocycles. The van der Waals surface area contributed by atoms with Crippen LogP contribution in [0.15, 0.2) is 37.2 Å². The Morgan fingerprint density at radius 1 is 0.812 bits per heavy atom. The maximum Gasteiger partial charge on any atom is 0.176 e. The van der Waals surface area contributed by atoms with Crippen molar-refractivity contribution in [2.75, 3.05) is 0 Å². The van der Waals surface area contributed by atoms with E-state index in [0.717, 1.165) is 11.3 Å². The van der Waals surface area contributed by atoms with Crippen LogP contribution in [0.1, 0.15) is 0 Å². The standard InChI is InChI=1S/2C4H4N4/c2*1-2-6-8-3-5-7-4(1)8/h2*1-3,6H. The molecule has 0 spiro atoms. The van der Waals surface area contributed by atoms with Crippen LogP contribution in [0.4, 0.5) is 0 Å². The molecule has 0 bridgehead atoms. The molecule has 4 rings (SSSR count). The van der Waals surface area contributed by atoms with Gasteiger partial charge in [-0.05, 0) is 0 Å². The van der Waals surface area contributed by atoms with E-state index in [1.165, 1.54) is 0 Å². The first-order valence-corrected chi connectivity index (χ1v) is 4.60. The average molecular weight is 216 g/mol. The van der Waals surface area contributed by atoms with Gasteiger partial charge >= 0.3 is 0 Å². The number of hydrogen-bond acceptors (Lipinski definition) is 4. The number of aromatic nitrogens is 8. The van der Waals surface area contributed by atoms with Crippen LogP contribution >= 0.6 is 0 Å². The highest BCUT2D eigenvalue weighted by Crippen LogP contribution is 1.91. The summed E-state index contributed by atoms with van der Waals surface area (Å²) in [6.07, 6.45) is 6.86. The van der Waals surface area contributed by atoms with Gasteiger partial charge in [0.25, 0.3) is 0 Å². The van der Waals surface area contributed by atoms with Gasteiger partial charge in [0.2, 0.25) is 0 Å². The number of rotatable bonds is 0. The topological polar surface area (TPSA) is 92.0 Å². The monoisotopic (exact) mass is 216 g/mol. The van der Waals surface area contributed by atoms with Crippen LogP contribution < -0.4 is 0 Å². The molecular weight excluding hydrogens is 208 g/mol. The van der Waals surface area contributed by atoms with Crippen molar-refractivity contribution in [1.82, 2.24) is 39.6 Å². The first-order chi connectivity index (χ1) is 7.93. The SMILES string of the molecule is c1cc2nncn2[nH]1.c1cc2nncn2[nH]1. The van der Waals surface area contributed by atoms with Gasteiger partial charge in [0.1, 0.15) is 12.7 Å². The summed E-state index contributed by atoms with van der Waals surface area (Å²) >= 11 is 0. The zero-order valence-corrected chi connectivity index (χ0v) is 8.15. The minimum Gasteiger partial charge on any atom is -0.299 e. The highest BCUT2D eigenvalue weighted by Gasteiger charge is 1.89. The summed E-state index contributed by atoms with van der Waals surface area (Å²) < 4.78 is 3.47. The average Bonchev–Trinajstić information content (AvgIpc) is 2.99. The largest absolute Gasteiger partial charge is 0.299 e. The van der Waals surface area contributed by atoms with Gasteiger partial charge in [-0.15, -0.1) is 20.4 Å². The van der Waals surface area contributed by atoms with Crippen LogP contribution in [0, 0.1) is 0 Å². The Hall–Kier alpha value is -2.64. The van der Waals surface area contributed by atoms with E-state index in [2.05, 4.69) is 30.6 Å². The normalized spacial score (nSPS) is 10.5. The van der Waals surface area contributed by atoms with Gasteiger partial charge in [0.05, 0.1) is 0 Å². The summed E-state index contributed by atoms with van der Waals surface area (Å²) in [6.45, 7) is 0. The van der Waals surface area contributed by atoms with E-state index in [9.17, 15) is 0 Å². The lowest BCUT2D eigenvalue weighted by molar-refractivity contribution is 0.955. The van der Waals surface area contributed by atoms with Gasteiger partial charge < -0.3 is 0 Å². The molecule has 4 aromatic rings. The predicted molar refractivity (Wildman–Crippen MR) is 54.7 cm³/mol. The Morgan fingerprint density at radius 3 is 1.75 bits per heavy atom. The molecule has 8 nitrogen and oxygen atoms in total. The summed E-state index contributed by atoms with van der Waals surface area (Å²) in [5.41, 5.74) is 1.70. The third-order valence-corrected chi connectivity index (χ3v) is 2.04. The number of nitrogens with one attached hydrogen (secondary N) is 2. The van der Waals surface area contributed by atoms with Crippen LogP contribution in [0.25, 0.3) is 11.3 Å². The van der Waals surface area contributed by atoms with Gasteiger partial charge in [-0.25, -0.2) is 9.03 Å². The molecule has 0 aromatic carbocycles. The maximum absolute atomic E-state index is 3.76. The first kappa shape index (κ1) is 8.65. The van der Waals surface area contributed by atoms with Crippen LogP contribution in [-0.4, -0.2) is 39.6 Å². The smallest absolute Gasteiger partial charge is 0.176 e. The predicted octanol–water partition coefficient (Wildman–Crippen LogP) is 0.115. The molecule has 80 valence electrons. The van der Waals surface area contributed by atoms with Crippen molar-refractivity contribution in [1.29, 1.82) is 0 Å². The maximum atomic E-state index is 3.76. The van der Waals surface area contributed by atoms with E-state index < -0.39 is 0 Å². The lowest BCUT2D eigenvalue weighted by atomic mass is 10.7. The van der Waals surface area contributed by atoms with E-state index in [1.54, 1.807) is 21.7 Å². The molecule has 16 heavy (non-hydrogen) atoms. The first-order valence-electron chi connectivity index (χ1n) is 4.60. The molecule has 0 fully saturated rings.